The summed E-state index contributed by atoms with van der Waals surface area (Å²) in [5, 5.41) is 4.69. The quantitative estimate of drug-likeness (QED) is 0.171. The summed E-state index contributed by atoms with van der Waals surface area (Å²) in [6, 6.07) is 65.6. The maximum absolute atomic E-state index is 6.68. The fourth-order valence-electron chi connectivity index (χ4n) is 7.81. The van der Waals surface area contributed by atoms with Crippen molar-refractivity contribution >= 4 is 53.4 Å². The average Bonchev–Trinajstić information content (AvgIpc) is 3.85. The molecule has 8 aromatic carbocycles. The second-order valence-electron chi connectivity index (χ2n) is 14.0. The van der Waals surface area contributed by atoms with Crippen LogP contribution < -0.4 is 0 Å². The molecular weight excluding hydrogens is 703 g/mol. The number of rotatable bonds is 6. The summed E-state index contributed by atoms with van der Waals surface area (Å²) in [6.45, 7) is 0. The minimum absolute atomic E-state index is 0.589. The van der Waals surface area contributed by atoms with E-state index in [0.717, 1.165) is 49.8 Å². The first-order chi connectivity index (χ1) is 27.7. The van der Waals surface area contributed by atoms with E-state index in [1.54, 1.807) is 0 Å². The second-order valence-corrected chi connectivity index (χ2v) is 15.0. The monoisotopic (exact) mass is 733 g/mol. The van der Waals surface area contributed by atoms with Crippen molar-refractivity contribution in [1.82, 2.24) is 15.0 Å². The molecule has 0 saturated carbocycles. The van der Waals surface area contributed by atoms with Crippen molar-refractivity contribution < 1.29 is 4.42 Å². The first kappa shape index (κ1) is 32.2. The van der Waals surface area contributed by atoms with Gasteiger partial charge in [0, 0.05) is 53.2 Å². The first-order valence-electron chi connectivity index (χ1n) is 18.7. The lowest BCUT2D eigenvalue weighted by atomic mass is 9.93. The van der Waals surface area contributed by atoms with Crippen LogP contribution >= 0.6 is 11.3 Å². The van der Waals surface area contributed by atoms with Crippen LogP contribution in [0.1, 0.15) is 0 Å². The van der Waals surface area contributed by atoms with Crippen molar-refractivity contribution in [3.05, 3.63) is 188 Å². The summed E-state index contributed by atoms with van der Waals surface area (Å²) >= 11 is 1.85. The Morgan fingerprint density at radius 3 is 1.61 bits per heavy atom. The van der Waals surface area contributed by atoms with Gasteiger partial charge in [0.15, 0.2) is 17.5 Å². The smallest absolute Gasteiger partial charge is 0.164 e. The van der Waals surface area contributed by atoms with Crippen molar-refractivity contribution in [2.45, 2.75) is 0 Å². The normalized spacial score (nSPS) is 11.6. The van der Waals surface area contributed by atoms with E-state index in [1.165, 1.54) is 42.4 Å². The van der Waals surface area contributed by atoms with Crippen molar-refractivity contribution in [3.63, 3.8) is 0 Å². The summed E-state index contributed by atoms with van der Waals surface area (Å²) in [4.78, 5) is 15.0. The van der Waals surface area contributed by atoms with Gasteiger partial charge in [-0.25, -0.2) is 15.0 Å². The van der Waals surface area contributed by atoms with Crippen molar-refractivity contribution in [1.29, 1.82) is 0 Å². The lowest BCUT2D eigenvalue weighted by Gasteiger charge is -2.10. The van der Waals surface area contributed by atoms with Gasteiger partial charge in [0.25, 0.3) is 0 Å². The van der Waals surface area contributed by atoms with Gasteiger partial charge in [0.05, 0.1) is 0 Å². The zero-order valence-electron chi connectivity index (χ0n) is 30.1. The molecule has 56 heavy (non-hydrogen) atoms. The molecule has 11 aromatic rings. The van der Waals surface area contributed by atoms with Gasteiger partial charge < -0.3 is 4.42 Å². The fraction of sp³-hybridized carbons (Fsp3) is 0. The van der Waals surface area contributed by atoms with Crippen LogP contribution in [-0.2, 0) is 0 Å². The number of benzene rings is 8. The number of thiophene rings is 1. The number of hydrogen-bond donors (Lipinski definition) is 0. The maximum atomic E-state index is 6.68. The molecule has 0 unspecified atom stereocenters. The molecule has 0 atom stereocenters. The Morgan fingerprint density at radius 2 is 0.893 bits per heavy atom. The highest BCUT2D eigenvalue weighted by Crippen LogP contribution is 2.46. The van der Waals surface area contributed by atoms with Gasteiger partial charge in [-0.15, -0.1) is 11.3 Å². The van der Waals surface area contributed by atoms with Gasteiger partial charge in [0.2, 0.25) is 0 Å². The Kier molecular flexibility index (Phi) is 7.64. The van der Waals surface area contributed by atoms with Gasteiger partial charge in [-0.05, 0) is 64.2 Å². The van der Waals surface area contributed by atoms with E-state index < -0.39 is 0 Å². The molecule has 4 nitrogen and oxygen atoms in total. The molecule has 0 aliphatic carbocycles. The molecule has 0 spiro atoms. The van der Waals surface area contributed by atoms with E-state index in [4.69, 9.17) is 19.4 Å². The molecule has 0 aliphatic rings. The predicted octanol–water partition coefficient (Wildman–Crippen LogP) is 14.1. The SMILES string of the molecule is c1ccc(-c2ccc(-c3nc(-c4ccccc4)nc(-c4ccc5c(c4)oc4cccc(-c6cc(-c7ccccc7)cc7c6sc6ccccc67)c45)n3)cc2)cc1. The Morgan fingerprint density at radius 1 is 0.339 bits per heavy atom. The molecule has 0 radical (unpaired) electrons. The Bertz CT molecular complexity index is 3230. The standard InChI is InChI=1S/C51H31N3OS/c1-4-13-32(14-5-1)34-23-25-36(26-24-34)50-52-49(35-17-8-3-9-18-35)53-51(54-50)37-27-28-41-45(31-37)55-44-21-12-20-40(47(41)44)43-30-38(33-15-6-2-7-16-33)29-42-39-19-10-11-22-46(39)56-48(42)43/h1-31H. The molecule has 5 heteroatoms. The van der Waals surface area contributed by atoms with Gasteiger partial charge in [-0.1, -0.05) is 152 Å². The summed E-state index contributed by atoms with van der Waals surface area (Å²) in [5.74, 6) is 1.83. The predicted molar refractivity (Wildman–Crippen MR) is 233 cm³/mol. The molecule has 0 saturated heterocycles. The topological polar surface area (TPSA) is 51.8 Å². The second kappa shape index (κ2) is 13.3. The summed E-state index contributed by atoms with van der Waals surface area (Å²) in [7, 11) is 0. The van der Waals surface area contributed by atoms with Crippen LogP contribution in [0.3, 0.4) is 0 Å². The van der Waals surface area contributed by atoms with Crippen LogP contribution in [0.2, 0.25) is 0 Å². The van der Waals surface area contributed by atoms with E-state index in [1.807, 2.05) is 47.7 Å². The molecule has 11 rings (SSSR count). The third-order valence-corrected chi connectivity index (χ3v) is 11.8. The Hall–Kier alpha value is -7.21. The highest BCUT2D eigenvalue weighted by atomic mass is 32.1. The van der Waals surface area contributed by atoms with Crippen LogP contribution in [0.25, 0.3) is 110 Å². The molecule has 0 amide bonds. The van der Waals surface area contributed by atoms with Crippen LogP contribution in [0.15, 0.2) is 192 Å². The van der Waals surface area contributed by atoms with Gasteiger partial charge in [-0.3, -0.25) is 0 Å². The fourth-order valence-corrected chi connectivity index (χ4v) is 9.02. The molecule has 262 valence electrons. The Labute approximate surface area is 327 Å². The summed E-state index contributed by atoms with van der Waals surface area (Å²) < 4.78 is 9.23. The third-order valence-electron chi connectivity index (χ3n) is 10.5. The average molecular weight is 734 g/mol. The van der Waals surface area contributed by atoms with Gasteiger partial charge >= 0.3 is 0 Å². The van der Waals surface area contributed by atoms with E-state index >= 15 is 0 Å². The summed E-state index contributed by atoms with van der Waals surface area (Å²) in [5.41, 5.74) is 11.4. The van der Waals surface area contributed by atoms with Gasteiger partial charge in [0.1, 0.15) is 11.2 Å². The van der Waals surface area contributed by atoms with Crippen molar-refractivity contribution in [3.8, 4) is 67.5 Å². The van der Waals surface area contributed by atoms with E-state index in [9.17, 15) is 0 Å². The minimum atomic E-state index is 0.589. The zero-order valence-corrected chi connectivity index (χ0v) is 30.9. The molecule has 3 heterocycles. The van der Waals surface area contributed by atoms with Crippen molar-refractivity contribution in [2.24, 2.45) is 0 Å². The highest BCUT2D eigenvalue weighted by molar-refractivity contribution is 7.26. The summed E-state index contributed by atoms with van der Waals surface area (Å²) in [6.07, 6.45) is 0. The molecule has 0 fully saturated rings. The third kappa shape index (κ3) is 5.56. The van der Waals surface area contributed by atoms with E-state index in [2.05, 4.69) is 152 Å². The molecule has 0 aliphatic heterocycles. The maximum Gasteiger partial charge on any atom is 0.164 e. The number of nitrogens with zero attached hydrogens (tertiary/aromatic N) is 3. The highest BCUT2D eigenvalue weighted by Gasteiger charge is 2.20. The van der Waals surface area contributed by atoms with E-state index in [0.29, 0.717) is 17.5 Å². The van der Waals surface area contributed by atoms with Crippen LogP contribution in [0, 0.1) is 0 Å². The number of aromatic nitrogens is 3. The number of furan rings is 1. The van der Waals surface area contributed by atoms with Crippen molar-refractivity contribution in [2.75, 3.05) is 0 Å². The largest absolute Gasteiger partial charge is 0.456 e. The van der Waals surface area contributed by atoms with Crippen LogP contribution in [0.5, 0.6) is 0 Å². The first-order valence-corrected chi connectivity index (χ1v) is 19.5. The molecule has 0 bridgehead atoms. The number of fused-ring (bicyclic) bond motifs is 6. The molecule has 0 N–H and O–H groups in total. The Balaban J connectivity index is 1.07. The van der Waals surface area contributed by atoms with Gasteiger partial charge in [-0.2, -0.15) is 0 Å². The molecule has 3 aromatic heterocycles. The lowest BCUT2D eigenvalue weighted by Crippen LogP contribution is -2.00. The zero-order chi connectivity index (χ0) is 37.0. The van der Waals surface area contributed by atoms with Crippen LogP contribution in [0.4, 0.5) is 0 Å². The number of hydrogen-bond acceptors (Lipinski definition) is 5. The van der Waals surface area contributed by atoms with Crippen LogP contribution in [-0.4, -0.2) is 15.0 Å². The van der Waals surface area contributed by atoms with E-state index in [-0.39, 0.29) is 0 Å². The lowest BCUT2D eigenvalue weighted by molar-refractivity contribution is 0.669. The minimum Gasteiger partial charge on any atom is -0.456 e. The molecular formula is C51H31N3OS.